The molecule has 1 aromatic carbocycles. The van der Waals surface area contributed by atoms with Gasteiger partial charge in [-0.05, 0) is 38.8 Å². The van der Waals surface area contributed by atoms with E-state index in [1.165, 1.54) is 32.2 Å². The van der Waals surface area contributed by atoms with Gasteiger partial charge in [0.1, 0.15) is 11.4 Å². The Morgan fingerprint density at radius 2 is 1.97 bits per heavy atom. The van der Waals surface area contributed by atoms with Crippen LogP contribution in [0.25, 0.3) is 10.9 Å². The molecule has 30 heavy (non-hydrogen) atoms. The van der Waals surface area contributed by atoms with E-state index < -0.39 is 12.2 Å². The second-order valence-corrected chi connectivity index (χ2v) is 8.08. The summed E-state index contributed by atoms with van der Waals surface area (Å²) in [5, 5.41) is 13.3. The maximum absolute atomic E-state index is 12.6. The van der Waals surface area contributed by atoms with Crippen molar-refractivity contribution < 1.29 is 28.2 Å². The maximum atomic E-state index is 12.6. The Kier molecular flexibility index (Phi) is 6.42. The van der Waals surface area contributed by atoms with E-state index in [-0.39, 0.29) is 28.6 Å². The first-order valence-corrected chi connectivity index (χ1v) is 9.79. The van der Waals surface area contributed by atoms with Crippen molar-refractivity contribution in [3.63, 3.8) is 0 Å². The minimum atomic E-state index is -3.00. The largest absolute Gasteiger partial charge is 0.433 e. The Labute approximate surface area is 177 Å². The third-order valence-electron chi connectivity index (χ3n) is 4.85. The number of alkyl halides is 2. The predicted molar refractivity (Wildman–Crippen MR) is 107 cm³/mol. The average molecular weight is 442 g/mol. The summed E-state index contributed by atoms with van der Waals surface area (Å²) in [4.78, 5) is 30.5. The lowest BCUT2D eigenvalue weighted by atomic mass is 10.0. The number of halogens is 3. The first-order chi connectivity index (χ1) is 14.0. The molecule has 1 aromatic heterocycles. The molecule has 1 aliphatic rings. The van der Waals surface area contributed by atoms with Crippen LogP contribution in [0.2, 0.25) is 5.02 Å². The maximum Gasteiger partial charge on any atom is 0.387 e. The number of likely N-dealkylation sites (tertiary alicyclic amines) is 1. The summed E-state index contributed by atoms with van der Waals surface area (Å²) in [6.07, 6.45) is 2.48. The number of nitrogens with one attached hydrogen (secondary N) is 1. The van der Waals surface area contributed by atoms with Gasteiger partial charge < -0.3 is 20.1 Å². The molecular weight excluding hydrogens is 420 g/mol. The van der Waals surface area contributed by atoms with Gasteiger partial charge in [0.25, 0.3) is 11.8 Å². The van der Waals surface area contributed by atoms with Crippen LogP contribution in [-0.4, -0.2) is 58.1 Å². The number of aromatic nitrogens is 1. The van der Waals surface area contributed by atoms with Crippen LogP contribution in [0.1, 0.15) is 37.0 Å². The Morgan fingerprint density at radius 1 is 1.30 bits per heavy atom. The van der Waals surface area contributed by atoms with E-state index in [0.29, 0.717) is 42.4 Å². The third-order valence-corrected chi connectivity index (χ3v) is 5.15. The highest BCUT2D eigenvalue weighted by Gasteiger charge is 2.32. The van der Waals surface area contributed by atoms with Gasteiger partial charge in [-0.15, -0.1) is 0 Å². The SMILES string of the molecule is CC(C)(O)C(=O)N1CCC(NC(=O)c2cnc3cc(OC(F)F)c(Cl)cc3c2)CC1. The van der Waals surface area contributed by atoms with Crippen LogP contribution in [0.3, 0.4) is 0 Å². The van der Waals surface area contributed by atoms with Crippen molar-refractivity contribution in [2.75, 3.05) is 13.1 Å². The summed E-state index contributed by atoms with van der Waals surface area (Å²) in [5.74, 6) is -0.852. The molecule has 0 spiro atoms. The number of ether oxygens (including phenoxy) is 1. The Balaban J connectivity index is 1.65. The van der Waals surface area contributed by atoms with E-state index in [1.54, 1.807) is 11.0 Å². The molecule has 2 heterocycles. The fourth-order valence-electron chi connectivity index (χ4n) is 3.32. The minimum absolute atomic E-state index is 0.00833. The fraction of sp³-hybridized carbons (Fsp3) is 0.450. The smallest absolute Gasteiger partial charge is 0.387 e. The molecule has 0 aliphatic carbocycles. The van der Waals surface area contributed by atoms with E-state index in [0.717, 1.165) is 0 Å². The van der Waals surface area contributed by atoms with Crippen molar-refractivity contribution in [1.82, 2.24) is 15.2 Å². The van der Waals surface area contributed by atoms with Crippen molar-refractivity contribution in [1.29, 1.82) is 0 Å². The number of pyridine rings is 1. The Bertz CT molecular complexity index is 957. The Morgan fingerprint density at radius 3 is 2.57 bits per heavy atom. The zero-order valence-electron chi connectivity index (χ0n) is 16.5. The monoisotopic (exact) mass is 441 g/mol. The first kappa shape index (κ1) is 22.2. The number of aliphatic hydroxyl groups is 1. The van der Waals surface area contributed by atoms with Crippen LogP contribution in [0, 0.1) is 0 Å². The number of piperidine rings is 1. The molecule has 0 saturated carbocycles. The number of benzene rings is 1. The van der Waals surface area contributed by atoms with Crippen LogP contribution in [-0.2, 0) is 4.79 Å². The number of hydrogen-bond acceptors (Lipinski definition) is 5. The highest BCUT2D eigenvalue weighted by molar-refractivity contribution is 6.32. The quantitative estimate of drug-likeness (QED) is 0.744. The molecular formula is C20H22ClF2N3O4. The van der Waals surface area contributed by atoms with Gasteiger partial charge in [-0.3, -0.25) is 14.6 Å². The molecule has 2 N–H and O–H groups in total. The highest BCUT2D eigenvalue weighted by atomic mass is 35.5. The molecule has 2 aromatic rings. The molecule has 7 nitrogen and oxygen atoms in total. The predicted octanol–water partition coefficient (Wildman–Crippen LogP) is 2.98. The van der Waals surface area contributed by atoms with Gasteiger partial charge in [0.05, 0.1) is 16.1 Å². The first-order valence-electron chi connectivity index (χ1n) is 9.41. The van der Waals surface area contributed by atoms with Gasteiger partial charge in [0, 0.05) is 36.8 Å². The molecule has 1 saturated heterocycles. The summed E-state index contributed by atoms with van der Waals surface area (Å²) in [5.41, 5.74) is -0.755. The van der Waals surface area contributed by atoms with E-state index in [4.69, 9.17) is 11.6 Å². The number of amides is 2. The van der Waals surface area contributed by atoms with E-state index in [2.05, 4.69) is 15.0 Å². The van der Waals surface area contributed by atoms with E-state index in [1.807, 2.05) is 0 Å². The number of carbonyl (C=O) groups excluding carboxylic acids is 2. The third kappa shape index (κ3) is 5.14. The van der Waals surface area contributed by atoms with Crippen molar-refractivity contribution in [3.05, 3.63) is 35.0 Å². The molecule has 162 valence electrons. The highest BCUT2D eigenvalue weighted by Crippen LogP contribution is 2.30. The summed E-state index contributed by atoms with van der Waals surface area (Å²) in [6.45, 7) is 0.767. The second kappa shape index (κ2) is 8.69. The van der Waals surface area contributed by atoms with Crippen LogP contribution in [0.15, 0.2) is 24.4 Å². The van der Waals surface area contributed by atoms with Crippen LogP contribution < -0.4 is 10.1 Å². The lowest BCUT2D eigenvalue weighted by Crippen LogP contribution is -2.51. The average Bonchev–Trinajstić information content (AvgIpc) is 2.67. The van der Waals surface area contributed by atoms with Crippen molar-refractivity contribution >= 4 is 34.3 Å². The molecule has 0 radical (unpaired) electrons. The molecule has 2 amide bonds. The number of rotatable bonds is 5. The summed E-state index contributed by atoms with van der Waals surface area (Å²) in [6, 6.07) is 4.16. The van der Waals surface area contributed by atoms with Crippen LogP contribution >= 0.6 is 11.6 Å². The molecule has 0 bridgehead atoms. The standard InChI is InChI=1S/C20H22ClF2N3O4/c1-20(2,29)18(28)26-5-3-13(4-6-26)25-17(27)12-7-11-8-14(21)16(30-19(22)23)9-15(11)24-10-12/h7-10,13,19,29H,3-6H2,1-2H3,(H,25,27). The lowest BCUT2D eigenvalue weighted by molar-refractivity contribution is -0.148. The molecule has 1 aliphatic heterocycles. The number of carbonyl (C=O) groups is 2. The molecule has 0 unspecified atom stereocenters. The van der Waals surface area contributed by atoms with Gasteiger partial charge in [-0.2, -0.15) is 8.78 Å². The number of nitrogens with zero attached hydrogens (tertiary/aromatic N) is 2. The molecule has 10 heteroatoms. The fourth-order valence-corrected chi connectivity index (χ4v) is 3.54. The van der Waals surface area contributed by atoms with Gasteiger partial charge in [0.15, 0.2) is 0 Å². The van der Waals surface area contributed by atoms with Crippen LogP contribution in [0.5, 0.6) is 5.75 Å². The normalized spacial score (nSPS) is 15.5. The number of fused-ring (bicyclic) bond motifs is 1. The topological polar surface area (TPSA) is 91.8 Å². The number of hydrogen-bond donors (Lipinski definition) is 2. The van der Waals surface area contributed by atoms with Gasteiger partial charge in [0.2, 0.25) is 0 Å². The van der Waals surface area contributed by atoms with Crippen molar-refractivity contribution in [2.24, 2.45) is 0 Å². The van der Waals surface area contributed by atoms with Crippen molar-refractivity contribution in [2.45, 2.75) is 44.9 Å². The van der Waals surface area contributed by atoms with Gasteiger partial charge in [-0.25, -0.2) is 0 Å². The molecule has 1 fully saturated rings. The van der Waals surface area contributed by atoms with E-state index in [9.17, 15) is 23.5 Å². The molecule has 3 rings (SSSR count). The summed E-state index contributed by atoms with van der Waals surface area (Å²) < 4.78 is 29.2. The van der Waals surface area contributed by atoms with E-state index >= 15 is 0 Å². The summed E-state index contributed by atoms with van der Waals surface area (Å²) in [7, 11) is 0. The minimum Gasteiger partial charge on any atom is -0.433 e. The van der Waals surface area contributed by atoms with Gasteiger partial charge in [-0.1, -0.05) is 11.6 Å². The van der Waals surface area contributed by atoms with Crippen molar-refractivity contribution in [3.8, 4) is 5.75 Å². The second-order valence-electron chi connectivity index (χ2n) is 7.68. The molecule has 0 atom stereocenters. The van der Waals surface area contributed by atoms with Gasteiger partial charge >= 0.3 is 6.61 Å². The van der Waals surface area contributed by atoms with Crippen LogP contribution in [0.4, 0.5) is 8.78 Å². The zero-order chi connectivity index (χ0) is 22.1. The Hall–Kier alpha value is -2.52. The lowest BCUT2D eigenvalue weighted by Gasteiger charge is -2.35. The zero-order valence-corrected chi connectivity index (χ0v) is 17.2. The summed E-state index contributed by atoms with van der Waals surface area (Å²) >= 11 is 5.97.